The molecule has 3 aromatic carbocycles. The first kappa shape index (κ1) is 22.1. The second-order valence-electron chi connectivity index (χ2n) is 7.60. The van der Waals surface area contributed by atoms with Crippen molar-refractivity contribution in [3.8, 4) is 17.2 Å². The van der Waals surface area contributed by atoms with Gasteiger partial charge in [0.1, 0.15) is 11.4 Å². The summed E-state index contributed by atoms with van der Waals surface area (Å²) in [6, 6.07) is 21.4. The standard InChI is InChI=1S/C26H27N3O4/c1-29(16-17-10-6-5-7-11-17)21-13-9-8-12-19(21)28-26(30)20-14-18-22(31-2)15-23(32-3)25(33-4)24(18)27-20/h5-15,27H,16H2,1-4H3,(H,28,30). The van der Waals surface area contributed by atoms with E-state index in [0.717, 1.165) is 16.8 Å². The molecule has 0 saturated heterocycles. The Morgan fingerprint density at radius 2 is 1.61 bits per heavy atom. The first-order chi connectivity index (χ1) is 16.0. The molecular formula is C26H27N3O4. The van der Waals surface area contributed by atoms with Crippen LogP contribution in [0.15, 0.2) is 66.7 Å². The number of hydrogen-bond acceptors (Lipinski definition) is 5. The van der Waals surface area contributed by atoms with Gasteiger partial charge in [-0.05, 0) is 23.8 Å². The van der Waals surface area contributed by atoms with E-state index in [1.165, 1.54) is 5.56 Å². The quantitative estimate of drug-likeness (QED) is 0.395. The van der Waals surface area contributed by atoms with Crippen molar-refractivity contribution in [2.24, 2.45) is 0 Å². The van der Waals surface area contributed by atoms with Gasteiger partial charge in [-0.1, -0.05) is 42.5 Å². The van der Waals surface area contributed by atoms with Crippen LogP contribution in [0.1, 0.15) is 16.1 Å². The van der Waals surface area contributed by atoms with Crippen molar-refractivity contribution in [3.05, 3.63) is 78.0 Å². The zero-order valence-corrected chi connectivity index (χ0v) is 19.1. The lowest BCUT2D eigenvalue weighted by Gasteiger charge is -2.22. The van der Waals surface area contributed by atoms with Crippen LogP contribution in [-0.2, 0) is 6.54 Å². The van der Waals surface area contributed by atoms with E-state index in [0.29, 0.717) is 35.0 Å². The molecule has 0 aliphatic carbocycles. The van der Waals surface area contributed by atoms with Crippen LogP contribution >= 0.6 is 0 Å². The van der Waals surface area contributed by atoms with Crippen LogP contribution in [0.25, 0.3) is 10.9 Å². The number of anilines is 2. The van der Waals surface area contributed by atoms with Crippen molar-refractivity contribution in [3.63, 3.8) is 0 Å². The predicted molar refractivity (Wildman–Crippen MR) is 131 cm³/mol. The summed E-state index contributed by atoms with van der Waals surface area (Å²) in [7, 11) is 6.70. The van der Waals surface area contributed by atoms with Gasteiger partial charge >= 0.3 is 0 Å². The monoisotopic (exact) mass is 445 g/mol. The Morgan fingerprint density at radius 3 is 2.30 bits per heavy atom. The average Bonchev–Trinajstić information content (AvgIpc) is 3.29. The molecule has 0 spiro atoms. The summed E-state index contributed by atoms with van der Waals surface area (Å²) in [5.41, 5.74) is 3.84. The van der Waals surface area contributed by atoms with Crippen molar-refractivity contribution < 1.29 is 19.0 Å². The summed E-state index contributed by atoms with van der Waals surface area (Å²) in [6.07, 6.45) is 0. The molecule has 0 saturated carbocycles. The maximum Gasteiger partial charge on any atom is 0.272 e. The molecule has 7 nitrogen and oxygen atoms in total. The van der Waals surface area contributed by atoms with Gasteiger partial charge in [0.15, 0.2) is 11.5 Å². The molecule has 0 radical (unpaired) electrons. The van der Waals surface area contributed by atoms with Crippen molar-refractivity contribution in [2.45, 2.75) is 6.54 Å². The molecule has 1 heterocycles. The molecule has 0 unspecified atom stereocenters. The van der Waals surface area contributed by atoms with E-state index in [4.69, 9.17) is 14.2 Å². The normalized spacial score (nSPS) is 10.7. The minimum Gasteiger partial charge on any atom is -0.496 e. The van der Waals surface area contributed by atoms with Crippen molar-refractivity contribution in [2.75, 3.05) is 38.6 Å². The average molecular weight is 446 g/mol. The van der Waals surface area contributed by atoms with Crippen molar-refractivity contribution in [1.82, 2.24) is 4.98 Å². The summed E-state index contributed by atoms with van der Waals surface area (Å²) >= 11 is 0. The van der Waals surface area contributed by atoms with Gasteiger partial charge in [0.2, 0.25) is 0 Å². The summed E-state index contributed by atoms with van der Waals surface area (Å²) in [5.74, 6) is 1.34. The molecule has 0 aliphatic rings. The molecule has 0 atom stereocenters. The lowest BCUT2D eigenvalue weighted by molar-refractivity contribution is 0.102. The van der Waals surface area contributed by atoms with Gasteiger partial charge in [0, 0.05) is 25.0 Å². The van der Waals surface area contributed by atoms with Crippen LogP contribution in [0.4, 0.5) is 11.4 Å². The summed E-state index contributed by atoms with van der Waals surface area (Å²) in [6.45, 7) is 0.717. The van der Waals surface area contributed by atoms with E-state index in [1.807, 2.05) is 49.5 Å². The fraction of sp³-hybridized carbons (Fsp3) is 0.192. The summed E-state index contributed by atoms with van der Waals surface area (Å²) in [5, 5.41) is 3.76. The summed E-state index contributed by atoms with van der Waals surface area (Å²) in [4.78, 5) is 18.5. The number of carbonyl (C=O) groups is 1. The Kier molecular flexibility index (Phi) is 6.40. The maximum atomic E-state index is 13.2. The molecule has 4 rings (SSSR count). The number of hydrogen-bond donors (Lipinski definition) is 2. The van der Waals surface area contributed by atoms with E-state index in [2.05, 4.69) is 27.3 Å². The summed E-state index contributed by atoms with van der Waals surface area (Å²) < 4.78 is 16.4. The van der Waals surface area contributed by atoms with Crippen LogP contribution in [0.3, 0.4) is 0 Å². The highest BCUT2D eigenvalue weighted by atomic mass is 16.5. The second kappa shape index (κ2) is 9.56. The van der Waals surface area contributed by atoms with Gasteiger partial charge in [0.25, 0.3) is 5.91 Å². The third-order valence-electron chi connectivity index (χ3n) is 5.51. The van der Waals surface area contributed by atoms with Gasteiger partial charge < -0.3 is 29.4 Å². The Balaban J connectivity index is 1.64. The number of H-pyrrole nitrogens is 1. The van der Waals surface area contributed by atoms with Gasteiger partial charge in [-0.3, -0.25) is 4.79 Å². The molecule has 7 heteroatoms. The third kappa shape index (κ3) is 4.43. The molecular weight excluding hydrogens is 418 g/mol. The zero-order valence-electron chi connectivity index (χ0n) is 19.1. The molecule has 2 N–H and O–H groups in total. The first-order valence-corrected chi connectivity index (χ1v) is 10.5. The van der Waals surface area contributed by atoms with E-state index >= 15 is 0 Å². The van der Waals surface area contributed by atoms with Crippen LogP contribution in [0, 0.1) is 0 Å². The van der Waals surface area contributed by atoms with Crippen molar-refractivity contribution >= 4 is 28.2 Å². The van der Waals surface area contributed by atoms with Crippen molar-refractivity contribution in [1.29, 1.82) is 0 Å². The SMILES string of the molecule is COc1cc(OC)c2cc(C(=O)Nc3ccccc3N(C)Cc3ccccc3)[nH]c2c1OC. The second-order valence-corrected chi connectivity index (χ2v) is 7.60. The Morgan fingerprint density at radius 1 is 0.909 bits per heavy atom. The topological polar surface area (TPSA) is 75.8 Å². The third-order valence-corrected chi connectivity index (χ3v) is 5.51. The maximum absolute atomic E-state index is 13.2. The van der Waals surface area contributed by atoms with Crippen LogP contribution in [0.2, 0.25) is 0 Å². The molecule has 0 bridgehead atoms. The molecule has 33 heavy (non-hydrogen) atoms. The molecule has 4 aromatic rings. The fourth-order valence-electron chi connectivity index (χ4n) is 3.90. The number of aromatic amines is 1. The predicted octanol–water partition coefficient (Wildman–Crippen LogP) is 5.08. The Labute approximate surface area is 192 Å². The smallest absolute Gasteiger partial charge is 0.272 e. The number of nitrogens with zero attached hydrogens (tertiary/aromatic N) is 1. The molecule has 170 valence electrons. The number of fused-ring (bicyclic) bond motifs is 1. The van der Waals surface area contributed by atoms with Crippen LogP contribution in [0.5, 0.6) is 17.2 Å². The molecule has 0 fully saturated rings. The Bertz CT molecular complexity index is 1270. The fourth-order valence-corrected chi connectivity index (χ4v) is 3.90. The lowest BCUT2D eigenvalue weighted by atomic mass is 10.2. The van der Waals surface area contributed by atoms with E-state index < -0.39 is 0 Å². The van der Waals surface area contributed by atoms with Gasteiger partial charge in [0.05, 0.1) is 38.2 Å². The van der Waals surface area contributed by atoms with E-state index in [9.17, 15) is 4.79 Å². The van der Waals surface area contributed by atoms with Crippen LogP contribution in [-0.4, -0.2) is 39.3 Å². The molecule has 0 aliphatic heterocycles. The molecule has 1 amide bonds. The number of carbonyl (C=O) groups excluding carboxylic acids is 1. The minimum absolute atomic E-state index is 0.269. The number of amides is 1. The highest BCUT2D eigenvalue weighted by molar-refractivity contribution is 6.09. The first-order valence-electron chi connectivity index (χ1n) is 10.5. The number of para-hydroxylation sites is 2. The number of rotatable bonds is 8. The highest BCUT2D eigenvalue weighted by Crippen LogP contribution is 2.41. The number of methoxy groups -OCH3 is 3. The number of benzene rings is 3. The number of nitrogens with one attached hydrogen (secondary N) is 2. The van der Waals surface area contributed by atoms with Crippen LogP contribution < -0.4 is 24.4 Å². The van der Waals surface area contributed by atoms with E-state index in [-0.39, 0.29) is 5.91 Å². The molecule has 1 aromatic heterocycles. The Hall–Kier alpha value is -4.13. The zero-order chi connectivity index (χ0) is 23.4. The van der Waals surface area contributed by atoms with Gasteiger partial charge in [-0.25, -0.2) is 0 Å². The van der Waals surface area contributed by atoms with Gasteiger partial charge in [-0.2, -0.15) is 0 Å². The number of aromatic nitrogens is 1. The van der Waals surface area contributed by atoms with Gasteiger partial charge in [-0.15, -0.1) is 0 Å². The number of ether oxygens (including phenoxy) is 3. The lowest BCUT2D eigenvalue weighted by Crippen LogP contribution is -2.20. The highest BCUT2D eigenvalue weighted by Gasteiger charge is 2.20. The minimum atomic E-state index is -0.269. The largest absolute Gasteiger partial charge is 0.496 e. The van der Waals surface area contributed by atoms with E-state index in [1.54, 1.807) is 33.5 Å².